The Labute approximate surface area is 119 Å². The molecule has 0 fully saturated rings. The number of carbonyl (C=O) groups is 2. The second-order valence-electron chi connectivity index (χ2n) is 4.12. The van der Waals surface area contributed by atoms with Crippen LogP contribution in [0, 0.1) is 13.8 Å². The Morgan fingerprint density at radius 3 is 2.55 bits per heavy atom. The van der Waals surface area contributed by atoms with Crippen LogP contribution in [-0.2, 0) is 0 Å². The summed E-state index contributed by atoms with van der Waals surface area (Å²) in [6.45, 7) is 3.23. The van der Waals surface area contributed by atoms with Gasteiger partial charge in [0.15, 0.2) is 0 Å². The molecule has 0 saturated carbocycles. The van der Waals surface area contributed by atoms with Gasteiger partial charge in [-0.25, -0.2) is 4.79 Å². The lowest BCUT2D eigenvalue weighted by molar-refractivity contribution is 0.0698. The molecule has 0 spiro atoms. The quantitative estimate of drug-likeness (QED) is 0.908. The number of halogens is 1. The molecule has 1 heterocycles. The SMILES string of the molecule is Cc1noc(C)c1C(=O)Nc1cccc(Cl)c1C(=O)O. The number of hydrogen-bond donors (Lipinski definition) is 2. The molecule has 0 atom stereocenters. The summed E-state index contributed by atoms with van der Waals surface area (Å²) in [5.41, 5.74) is 0.671. The van der Waals surface area contributed by atoms with E-state index < -0.39 is 11.9 Å². The van der Waals surface area contributed by atoms with Crippen LogP contribution in [0.2, 0.25) is 5.02 Å². The predicted molar refractivity (Wildman–Crippen MR) is 72.3 cm³/mol. The summed E-state index contributed by atoms with van der Waals surface area (Å²) in [5.74, 6) is -1.35. The zero-order chi connectivity index (χ0) is 14.9. The molecule has 104 valence electrons. The highest BCUT2D eigenvalue weighted by Gasteiger charge is 2.21. The summed E-state index contributed by atoms with van der Waals surface area (Å²) < 4.78 is 4.90. The highest BCUT2D eigenvalue weighted by Crippen LogP contribution is 2.25. The molecule has 0 aliphatic carbocycles. The largest absolute Gasteiger partial charge is 0.478 e. The van der Waals surface area contributed by atoms with Gasteiger partial charge in [0.25, 0.3) is 5.91 Å². The predicted octanol–water partition coefficient (Wildman–Crippen LogP) is 2.90. The van der Waals surface area contributed by atoms with Gasteiger partial charge in [0, 0.05) is 0 Å². The number of aryl methyl sites for hydroxylation is 2. The maximum absolute atomic E-state index is 12.2. The van der Waals surface area contributed by atoms with Crippen LogP contribution in [-0.4, -0.2) is 22.1 Å². The number of hydrogen-bond acceptors (Lipinski definition) is 4. The van der Waals surface area contributed by atoms with Gasteiger partial charge >= 0.3 is 5.97 Å². The van der Waals surface area contributed by atoms with E-state index >= 15 is 0 Å². The fourth-order valence-electron chi connectivity index (χ4n) is 1.84. The second-order valence-corrected chi connectivity index (χ2v) is 4.53. The van der Waals surface area contributed by atoms with E-state index in [0.29, 0.717) is 11.5 Å². The first-order chi connectivity index (χ1) is 9.41. The van der Waals surface area contributed by atoms with Gasteiger partial charge in [0.2, 0.25) is 0 Å². The third kappa shape index (κ3) is 2.50. The lowest BCUT2D eigenvalue weighted by atomic mass is 10.1. The average molecular weight is 295 g/mol. The van der Waals surface area contributed by atoms with Gasteiger partial charge in [-0.15, -0.1) is 0 Å². The number of nitrogens with one attached hydrogen (secondary N) is 1. The molecular weight excluding hydrogens is 284 g/mol. The van der Waals surface area contributed by atoms with Crippen LogP contribution in [0.5, 0.6) is 0 Å². The van der Waals surface area contributed by atoms with Gasteiger partial charge in [-0.2, -0.15) is 0 Å². The number of carboxylic acid groups (broad SMARTS) is 1. The van der Waals surface area contributed by atoms with Gasteiger partial charge in [0.1, 0.15) is 16.9 Å². The zero-order valence-corrected chi connectivity index (χ0v) is 11.5. The maximum Gasteiger partial charge on any atom is 0.339 e. The molecule has 0 aliphatic rings. The lowest BCUT2D eigenvalue weighted by Crippen LogP contribution is -2.16. The zero-order valence-electron chi connectivity index (χ0n) is 10.7. The monoisotopic (exact) mass is 294 g/mol. The van der Waals surface area contributed by atoms with E-state index in [4.69, 9.17) is 21.2 Å². The smallest absolute Gasteiger partial charge is 0.339 e. The first-order valence-corrected chi connectivity index (χ1v) is 6.05. The molecular formula is C13H11ClN2O4. The number of carbonyl (C=O) groups excluding carboxylic acids is 1. The molecule has 2 rings (SSSR count). The van der Waals surface area contributed by atoms with Crippen molar-refractivity contribution in [1.82, 2.24) is 5.16 Å². The summed E-state index contributed by atoms with van der Waals surface area (Å²) in [5, 5.41) is 15.4. The molecule has 1 aromatic heterocycles. The first kappa shape index (κ1) is 14.1. The van der Waals surface area contributed by atoms with Crippen LogP contribution < -0.4 is 5.32 Å². The fraction of sp³-hybridized carbons (Fsp3) is 0.154. The van der Waals surface area contributed by atoms with Crippen LogP contribution in [0.25, 0.3) is 0 Å². The average Bonchev–Trinajstić information content (AvgIpc) is 2.68. The van der Waals surface area contributed by atoms with Crippen LogP contribution in [0.1, 0.15) is 32.2 Å². The number of aromatic nitrogens is 1. The van der Waals surface area contributed by atoms with E-state index in [1.165, 1.54) is 12.1 Å². The molecule has 2 aromatic rings. The van der Waals surface area contributed by atoms with Crippen molar-refractivity contribution < 1.29 is 19.2 Å². The Kier molecular flexibility index (Phi) is 3.76. The van der Waals surface area contributed by atoms with E-state index in [2.05, 4.69) is 10.5 Å². The van der Waals surface area contributed by atoms with Crippen LogP contribution in [0.15, 0.2) is 22.7 Å². The minimum absolute atomic E-state index is 0.0501. The number of benzene rings is 1. The number of aromatic carboxylic acids is 1. The molecule has 7 heteroatoms. The van der Waals surface area contributed by atoms with Crippen molar-refractivity contribution in [3.05, 3.63) is 45.8 Å². The first-order valence-electron chi connectivity index (χ1n) is 5.68. The highest BCUT2D eigenvalue weighted by atomic mass is 35.5. The minimum atomic E-state index is -1.22. The van der Waals surface area contributed by atoms with Gasteiger partial charge < -0.3 is 14.9 Å². The molecule has 1 aromatic carbocycles. The third-order valence-corrected chi connectivity index (χ3v) is 3.05. The van der Waals surface area contributed by atoms with Crippen molar-refractivity contribution in [2.45, 2.75) is 13.8 Å². The molecule has 20 heavy (non-hydrogen) atoms. The van der Waals surface area contributed by atoms with Crippen molar-refractivity contribution in [3.63, 3.8) is 0 Å². The Hall–Kier alpha value is -2.34. The summed E-state index contributed by atoms with van der Waals surface area (Å²) in [4.78, 5) is 23.3. The standard InChI is InChI=1S/C13H11ClN2O4/c1-6-10(7(2)20-16-6)12(17)15-9-5-3-4-8(14)11(9)13(18)19/h3-5H,1-2H3,(H,15,17)(H,18,19). The van der Waals surface area contributed by atoms with Crippen molar-refractivity contribution in [3.8, 4) is 0 Å². The van der Waals surface area contributed by atoms with Crippen molar-refractivity contribution in [2.75, 3.05) is 5.32 Å². The van der Waals surface area contributed by atoms with Crippen LogP contribution >= 0.6 is 11.6 Å². The number of carboxylic acids is 1. The van der Waals surface area contributed by atoms with E-state index in [0.717, 1.165) is 0 Å². The molecule has 0 radical (unpaired) electrons. The number of nitrogens with zero attached hydrogens (tertiary/aromatic N) is 1. The van der Waals surface area contributed by atoms with Gasteiger partial charge in [-0.1, -0.05) is 22.8 Å². The fourth-order valence-corrected chi connectivity index (χ4v) is 2.09. The minimum Gasteiger partial charge on any atom is -0.478 e. The maximum atomic E-state index is 12.2. The number of anilines is 1. The topological polar surface area (TPSA) is 92.4 Å². The molecule has 0 aliphatic heterocycles. The van der Waals surface area contributed by atoms with E-state index in [1.807, 2.05) is 0 Å². The Morgan fingerprint density at radius 1 is 1.30 bits per heavy atom. The Morgan fingerprint density at radius 2 is 2.00 bits per heavy atom. The number of rotatable bonds is 3. The van der Waals surface area contributed by atoms with Gasteiger partial charge in [-0.05, 0) is 26.0 Å². The number of amides is 1. The van der Waals surface area contributed by atoms with Crippen molar-refractivity contribution in [2.24, 2.45) is 0 Å². The van der Waals surface area contributed by atoms with Crippen LogP contribution in [0.4, 0.5) is 5.69 Å². The summed E-state index contributed by atoms with van der Waals surface area (Å²) in [6, 6.07) is 4.46. The van der Waals surface area contributed by atoms with Gasteiger partial charge in [-0.3, -0.25) is 4.79 Å². The van der Waals surface area contributed by atoms with Crippen molar-refractivity contribution >= 4 is 29.2 Å². The van der Waals surface area contributed by atoms with E-state index in [1.54, 1.807) is 19.9 Å². The van der Waals surface area contributed by atoms with Crippen molar-refractivity contribution in [1.29, 1.82) is 0 Å². The van der Waals surface area contributed by atoms with Crippen LogP contribution in [0.3, 0.4) is 0 Å². The second kappa shape index (κ2) is 5.34. The third-order valence-electron chi connectivity index (χ3n) is 2.74. The molecule has 1 amide bonds. The summed E-state index contributed by atoms with van der Waals surface area (Å²) in [6.07, 6.45) is 0. The van der Waals surface area contributed by atoms with Gasteiger partial charge in [0.05, 0.1) is 16.4 Å². The molecule has 6 nitrogen and oxygen atoms in total. The van der Waals surface area contributed by atoms with E-state index in [-0.39, 0.29) is 21.8 Å². The summed E-state index contributed by atoms with van der Waals surface area (Å²) in [7, 11) is 0. The molecule has 0 unspecified atom stereocenters. The summed E-state index contributed by atoms with van der Waals surface area (Å²) >= 11 is 5.83. The Balaban J connectivity index is 2.39. The highest BCUT2D eigenvalue weighted by molar-refractivity contribution is 6.34. The molecule has 2 N–H and O–H groups in total. The Bertz CT molecular complexity index is 674. The van der Waals surface area contributed by atoms with E-state index in [9.17, 15) is 9.59 Å². The lowest BCUT2D eigenvalue weighted by Gasteiger charge is -2.09. The molecule has 0 saturated heterocycles. The molecule has 0 bridgehead atoms. The normalized spacial score (nSPS) is 10.3.